The zero-order valence-electron chi connectivity index (χ0n) is 10.8. The second kappa shape index (κ2) is 5.65. The van der Waals surface area contributed by atoms with Crippen molar-refractivity contribution in [1.82, 2.24) is 9.97 Å². The topological polar surface area (TPSA) is 80.9 Å². The van der Waals surface area contributed by atoms with E-state index < -0.39 is 10.8 Å². The largest absolute Gasteiger partial charge is 0.384 e. The van der Waals surface area contributed by atoms with Crippen molar-refractivity contribution in [3.05, 3.63) is 11.9 Å². The zero-order valence-corrected chi connectivity index (χ0v) is 11.7. The summed E-state index contributed by atoms with van der Waals surface area (Å²) < 4.78 is 11.2. The molecule has 2 atom stereocenters. The second-order valence-electron chi connectivity index (χ2n) is 4.84. The fourth-order valence-corrected chi connectivity index (χ4v) is 2.12. The Morgan fingerprint density at radius 1 is 1.56 bits per heavy atom. The summed E-state index contributed by atoms with van der Waals surface area (Å²) in [6.07, 6.45) is 4.91. The van der Waals surface area contributed by atoms with Crippen LogP contribution in [0.2, 0.25) is 0 Å². The Bertz CT molecular complexity index is 448. The van der Waals surface area contributed by atoms with Gasteiger partial charge in [-0.3, -0.25) is 4.21 Å². The second-order valence-corrected chi connectivity index (χ2v) is 6.64. The lowest BCUT2D eigenvalue weighted by Gasteiger charge is -2.10. The lowest BCUT2D eigenvalue weighted by Crippen LogP contribution is -2.15. The summed E-state index contributed by atoms with van der Waals surface area (Å²) in [4.78, 5) is 8.70. The van der Waals surface area contributed by atoms with Crippen molar-refractivity contribution in [1.29, 1.82) is 0 Å². The summed E-state index contributed by atoms with van der Waals surface area (Å²) in [7, 11) is -0.772. The minimum absolute atomic E-state index is 0.194. The molecule has 0 aromatic carbocycles. The Morgan fingerprint density at radius 3 is 2.89 bits per heavy atom. The normalized spacial score (nSPS) is 18.3. The van der Waals surface area contributed by atoms with Gasteiger partial charge in [0.25, 0.3) is 0 Å². The zero-order chi connectivity index (χ0) is 13.1. The summed E-state index contributed by atoms with van der Waals surface area (Å²) in [6.45, 7) is 2.74. The van der Waals surface area contributed by atoms with Crippen LogP contribution in [-0.2, 0) is 10.8 Å². The molecule has 1 aliphatic carbocycles. The number of hydrogen-bond acceptors (Lipinski definition) is 5. The highest BCUT2D eigenvalue weighted by atomic mass is 32.2. The monoisotopic (exact) mass is 268 g/mol. The summed E-state index contributed by atoms with van der Waals surface area (Å²) in [5, 5.41) is 3.42. The van der Waals surface area contributed by atoms with E-state index in [4.69, 9.17) is 5.73 Å². The molecule has 2 unspecified atom stereocenters. The molecule has 0 saturated heterocycles. The fourth-order valence-electron chi connectivity index (χ4n) is 1.67. The third kappa shape index (κ3) is 3.66. The molecule has 1 aromatic rings. The third-order valence-corrected chi connectivity index (χ3v) is 4.50. The number of nitrogens with zero attached hydrogens (tertiary/aromatic N) is 2. The standard InChI is InChI=1S/C12H20N4OS/c1-8(18(2)17)5-6-14-11-7-10(13)15-12(16-11)9-3-4-9/h7-9H,3-6H2,1-2H3,(H3,13,14,15,16). The van der Waals surface area contributed by atoms with Gasteiger partial charge in [0.15, 0.2) is 0 Å². The average molecular weight is 268 g/mol. The molecular formula is C12H20N4OS. The van der Waals surface area contributed by atoms with E-state index in [0.29, 0.717) is 11.7 Å². The Kier molecular flexibility index (Phi) is 4.16. The lowest BCUT2D eigenvalue weighted by molar-refractivity contribution is 0.672. The Balaban J connectivity index is 1.90. The molecule has 100 valence electrons. The number of aromatic nitrogens is 2. The van der Waals surface area contributed by atoms with Crippen LogP contribution in [0.5, 0.6) is 0 Å². The quantitative estimate of drug-likeness (QED) is 0.817. The van der Waals surface area contributed by atoms with Gasteiger partial charge in [-0.05, 0) is 19.3 Å². The molecule has 2 rings (SSSR count). The van der Waals surface area contributed by atoms with Crippen LogP contribution >= 0.6 is 0 Å². The van der Waals surface area contributed by atoms with Crippen molar-refractivity contribution < 1.29 is 4.21 Å². The molecule has 1 aromatic heterocycles. The molecule has 1 heterocycles. The molecule has 0 amide bonds. The van der Waals surface area contributed by atoms with E-state index in [1.54, 1.807) is 12.3 Å². The first kappa shape index (κ1) is 13.3. The number of nitrogens with one attached hydrogen (secondary N) is 1. The van der Waals surface area contributed by atoms with E-state index in [2.05, 4.69) is 15.3 Å². The summed E-state index contributed by atoms with van der Waals surface area (Å²) in [6, 6.07) is 1.75. The maximum Gasteiger partial charge on any atom is 0.136 e. The van der Waals surface area contributed by atoms with E-state index in [1.165, 1.54) is 0 Å². The number of hydrogen-bond donors (Lipinski definition) is 2. The minimum atomic E-state index is -0.772. The highest BCUT2D eigenvalue weighted by Crippen LogP contribution is 2.38. The first-order chi connectivity index (χ1) is 8.56. The van der Waals surface area contributed by atoms with E-state index in [-0.39, 0.29) is 5.25 Å². The molecule has 0 aliphatic heterocycles. The van der Waals surface area contributed by atoms with Crippen LogP contribution in [0.25, 0.3) is 0 Å². The van der Waals surface area contributed by atoms with Gasteiger partial charge in [-0.25, -0.2) is 9.97 Å². The van der Waals surface area contributed by atoms with Gasteiger partial charge in [0, 0.05) is 40.8 Å². The highest BCUT2D eigenvalue weighted by Gasteiger charge is 2.27. The Hall–Kier alpha value is -1.17. The Labute approximate surface area is 110 Å². The minimum Gasteiger partial charge on any atom is -0.384 e. The van der Waals surface area contributed by atoms with Gasteiger partial charge in [0.05, 0.1) is 0 Å². The van der Waals surface area contributed by atoms with Gasteiger partial charge in [-0.1, -0.05) is 6.92 Å². The molecule has 0 bridgehead atoms. The maximum atomic E-state index is 11.2. The molecule has 5 nitrogen and oxygen atoms in total. The van der Waals surface area contributed by atoms with E-state index in [0.717, 1.165) is 37.4 Å². The van der Waals surface area contributed by atoms with Gasteiger partial charge in [0.2, 0.25) is 0 Å². The van der Waals surface area contributed by atoms with Crippen LogP contribution in [-0.4, -0.2) is 32.2 Å². The highest BCUT2D eigenvalue weighted by molar-refractivity contribution is 7.84. The first-order valence-electron chi connectivity index (χ1n) is 6.27. The third-order valence-electron chi connectivity index (χ3n) is 3.13. The van der Waals surface area contributed by atoms with Crippen molar-refractivity contribution in [2.45, 2.75) is 37.4 Å². The molecule has 3 N–H and O–H groups in total. The van der Waals surface area contributed by atoms with E-state index in [9.17, 15) is 4.21 Å². The van der Waals surface area contributed by atoms with Crippen molar-refractivity contribution >= 4 is 22.4 Å². The first-order valence-corrected chi connectivity index (χ1v) is 7.89. The van der Waals surface area contributed by atoms with Gasteiger partial charge in [-0.15, -0.1) is 0 Å². The average Bonchev–Trinajstić information content (AvgIpc) is 3.11. The molecule has 1 saturated carbocycles. The predicted molar refractivity (Wildman–Crippen MR) is 75.1 cm³/mol. The summed E-state index contributed by atoms with van der Waals surface area (Å²) in [5.41, 5.74) is 5.77. The van der Waals surface area contributed by atoms with Crippen LogP contribution in [0.15, 0.2) is 6.07 Å². The number of rotatable bonds is 6. The number of nitrogen functional groups attached to an aromatic ring is 1. The van der Waals surface area contributed by atoms with E-state index >= 15 is 0 Å². The van der Waals surface area contributed by atoms with Crippen LogP contribution in [0, 0.1) is 0 Å². The number of anilines is 2. The predicted octanol–water partition coefficient (Wildman–Crippen LogP) is 1.51. The van der Waals surface area contributed by atoms with E-state index in [1.807, 2.05) is 6.92 Å². The fraction of sp³-hybridized carbons (Fsp3) is 0.667. The Morgan fingerprint density at radius 2 is 2.28 bits per heavy atom. The van der Waals surface area contributed by atoms with Gasteiger partial charge in [-0.2, -0.15) is 0 Å². The van der Waals surface area contributed by atoms with Gasteiger partial charge < -0.3 is 11.1 Å². The van der Waals surface area contributed by atoms with Crippen LogP contribution in [0.1, 0.15) is 37.9 Å². The van der Waals surface area contributed by atoms with Crippen LogP contribution < -0.4 is 11.1 Å². The smallest absolute Gasteiger partial charge is 0.136 e. The molecule has 6 heteroatoms. The summed E-state index contributed by atoms with van der Waals surface area (Å²) >= 11 is 0. The van der Waals surface area contributed by atoms with Crippen molar-refractivity contribution in [3.8, 4) is 0 Å². The molecule has 18 heavy (non-hydrogen) atoms. The summed E-state index contributed by atoms with van der Waals surface area (Å²) in [5.74, 6) is 2.64. The molecular weight excluding hydrogens is 248 g/mol. The van der Waals surface area contributed by atoms with Crippen LogP contribution in [0.4, 0.5) is 11.6 Å². The molecule has 1 fully saturated rings. The lowest BCUT2D eigenvalue weighted by atomic mass is 10.3. The van der Waals surface area contributed by atoms with Crippen LogP contribution in [0.3, 0.4) is 0 Å². The molecule has 1 aliphatic rings. The molecule has 0 radical (unpaired) electrons. The van der Waals surface area contributed by atoms with Gasteiger partial charge >= 0.3 is 0 Å². The van der Waals surface area contributed by atoms with Crippen molar-refractivity contribution in [3.63, 3.8) is 0 Å². The molecule has 0 spiro atoms. The maximum absolute atomic E-state index is 11.2. The van der Waals surface area contributed by atoms with Crippen molar-refractivity contribution in [2.24, 2.45) is 0 Å². The van der Waals surface area contributed by atoms with Gasteiger partial charge in [0.1, 0.15) is 17.5 Å². The number of nitrogens with two attached hydrogens (primary N) is 1. The SMILES string of the molecule is CC(CCNc1cc(N)nc(C2CC2)n1)S(C)=O. The van der Waals surface area contributed by atoms with Crippen molar-refractivity contribution in [2.75, 3.05) is 23.9 Å².